The number of Topliss-reactive ketones (excluding diaryl/α,β-unsaturated/α-hetero) is 1. The van der Waals surface area contributed by atoms with E-state index in [0.29, 0.717) is 60.9 Å². The van der Waals surface area contributed by atoms with E-state index >= 15 is 0 Å². The van der Waals surface area contributed by atoms with E-state index in [2.05, 4.69) is 39.5 Å². The smallest absolute Gasteiger partial charge is 0.344 e. The maximum Gasteiger partial charge on any atom is 0.344 e. The topological polar surface area (TPSA) is 203 Å². The lowest BCUT2D eigenvalue weighted by molar-refractivity contribution is -0.168. The summed E-state index contributed by atoms with van der Waals surface area (Å²) < 4.78 is 47.0. The third-order valence-electron chi connectivity index (χ3n) is 11.6. The van der Waals surface area contributed by atoms with E-state index in [-0.39, 0.29) is 83.5 Å². The molecule has 16 nitrogen and oxygen atoms in total. The van der Waals surface area contributed by atoms with Gasteiger partial charge in [0, 0.05) is 59.3 Å². The molecule has 0 radical (unpaired) electrons. The molecule has 4 bridgehead atoms. The van der Waals surface area contributed by atoms with Gasteiger partial charge in [-0.1, -0.05) is 39.5 Å². The highest BCUT2D eigenvalue weighted by atomic mass is 16.6. The monoisotopic (exact) mass is 852 g/mol. The Morgan fingerprint density at radius 1 is 0.721 bits per heavy atom. The van der Waals surface area contributed by atoms with Gasteiger partial charge in [0.2, 0.25) is 0 Å². The molecule has 5 saturated heterocycles. The Morgan fingerprint density at radius 3 is 1.95 bits per heavy atom. The van der Waals surface area contributed by atoms with Gasteiger partial charge in [-0.15, -0.1) is 0 Å². The molecule has 3 saturated carbocycles. The van der Waals surface area contributed by atoms with Crippen LogP contribution in [0.5, 0.6) is 0 Å². The van der Waals surface area contributed by atoms with E-state index in [1.807, 2.05) is 0 Å². The van der Waals surface area contributed by atoms with Crippen LogP contribution in [0, 0.1) is 29.6 Å². The van der Waals surface area contributed by atoms with Crippen LogP contribution >= 0.6 is 0 Å². The zero-order valence-corrected chi connectivity index (χ0v) is 35.3. The van der Waals surface area contributed by atoms with Crippen molar-refractivity contribution in [2.45, 2.75) is 115 Å². The largest absolute Gasteiger partial charge is 0.498 e. The zero-order valence-electron chi connectivity index (χ0n) is 35.3. The maximum atomic E-state index is 11.7. The van der Waals surface area contributed by atoms with E-state index in [1.165, 1.54) is 6.92 Å². The summed E-state index contributed by atoms with van der Waals surface area (Å²) in [6.07, 6.45) is 3.48. The Morgan fingerprint density at radius 2 is 1.36 bits per heavy atom. The Kier molecular flexibility index (Phi) is 15.2. The minimum absolute atomic E-state index is 0.0128. The lowest BCUT2D eigenvalue weighted by atomic mass is 9.79. The molecule has 0 aromatic carbocycles. The van der Waals surface area contributed by atoms with Crippen molar-refractivity contribution in [2.24, 2.45) is 29.6 Å². The molecule has 0 spiro atoms. The van der Waals surface area contributed by atoms with E-state index < -0.39 is 36.7 Å². The molecule has 332 valence electrons. The van der Waals surface area contributed by atoms with Gasteiger partial charge in [0.05, 0.1) is 36.1 Å². The Hall–Kier alpha value is -5.51. The second-order valence-corrected chi connectivity index (χ2v) is 16.7. The number of rotatable bonds is 10. The van der Waals surface area contributed by atoms with Gasteiger partial charge in [-0.3, -0.25) is 9.59 Å². The van der Waals surface area contributed by atoms with Crippen molar-refractivity contribution in [3.05, 3.63) is 73.3 Å². The summed E-state index contributed by atoms with van der Waals surface area (Å²) in [4.78, 5) is 79.0. The van der Waals surface area contributed by atoms with Crippen LogP contribution in [0.1, 0.15) is 72.6 Å². The Bertz CT molecular complexity index is 1880. The molecule has 12 atom stereocenters. The van der Waals surface area contributed by atoms with Gasteiger partial charge < -0.3 is 42.6 Å². The van der Waals surface area contributed by atoms with Crippen LogP contribution in [-0.2, 0) is 76.2 Å². The molecule has 0 aromatic heterocycles. The molecular weight excluding hydrogens is 796 g/mol. The van der Waals surface area contributed by atoms with Crippen molar-refractivity contribution < 1.29 is 76.2 Å². The summed E-state index contributed by atoms with van der Waals surface area (Å²) in [6.45, 7) is 28.4. The van der Waals surface area contributed by atoms with E-state index in [0.717, 1.165) is 31.4 Å². The summed E-state index contributed by atoms with van der Waals surface area (Å²) >= 11 is 0. The summed E-state index contributed by atoms with van der Waals surface area (Å²) in [7, 11) is 0. The maximum absolute atomic E-state index is 11.7. The fraction of sp³-hybridized carbons (Fsp3) is 0.578. The lowest BCUT2D eigenvalue weighted by Gasteiger charge is -2.26. The molecule has 3 aliphatic carbocycles. The predicted octanol–water partition coefficient (Wildman–Crippen LogP) is 4.66. The highest BCUT2D eigenvalue weighted by molar-refractivity contribution is 5.92. The molecular formula is C45H56O16. The fourth-order valence-corrected chi connectivity index (χ4v) is 8.61. The van der Waals surface area contributed by atoms with Gasteiger partial charge >= 0.3 is 35.8 Å². The number of carbonyl (C=O) groups is 7. The number of fused-ring (bicyclic) bond motifs is 6. The molecule has 5 aliphatic heterocycles. The first-order valence-electron chi connectivity index (χ1n) is 20.4. The van der Waals surface area contributed by atoms with Crippen molar-refractivity contribution in [3.63, 3.8) is 0 Å². The van der Waals surface area contributed by atoms with Crippen LogP contribution in [0.4, 0.5) is 0 Å². The quantitative estimate of drug-likeness (QED) is 0.167. The molecule has 8 rings (SSSR count). The average Bonchev–Trinajstić information content (AvgIpc) is 4.07. The second-order valence-electron chi connectivity index (χ2n) is 16.7. The fourth-order valence-electron chi connectivity index (χ4n) is 8.61. The van der Waals surface area contributed by atoms with Crippen molar-refractivity contribution in [1.82, 2.24) is 0 Å². The first-order chi connectivity index (χ1) is 28.7. The number of esters is 6. The molecule has 0 N–H and O–H groups in total. The van der Waals surface area contributed by atoms with Gasteiger partial charge in [-0.25, -0.2) is 24.0 Å². The summed E-state index contributed by atoms with van der Waals surface area (Å²) in [5.74, 6) is -0.150. The summed E-state index contributed by atoms with van der Waals surface area (Å²) in [5, 5.41) is 0. The first-order valence-corrected chi connectivity index (χ1v) is 20.4. The third kappa shape index (κ3) is 11.3. The van der Waals surface area contributed by atoms with Crippen molar-refractivity contribution in [3.8, 4) is 0 Å². The van der Waals surface area contributed by atoms with Crippen LogP contribution in [0.2, 0.25) is 0 Å². The number of ketones is 1. The average molecular weight is 853 g/mol. The number of carbonyl (C=O) groups excluding carboxylic acids is 7. The normalized spacial score (nSPS) is 32.5. The van der Waals surface area contributed by atoms with E-state index in [9.17, 15) is 33.6 Å². The molecule has 8 fully saturated rings. The SMILES string of the molecule is C=C(C)C(=O)OC1CC2OC1C1C(=C)OCC21.C=C(C)C(=O)OC1CCCC1=O.C=C(C)C(=O)OCC(=O)OC1C2CC3C(=O)OC1C3C2.C=C1CC(OC(=O)C(=C)C)CO1. The Balaban J connectivity index is 0.000000158. The van der Waals surface area contributed by atoms with Crippen LogP contribution < -0.4 is 0 Å². The van der Waals surface area contributed by atoms with Gasteiger partial charge in [0.25, 0.3) is 0 Å². The molecule has 16 heteroatoms. The second kappa shape index (κ2) is 19.9. The molecule has 12 unspecified atom stereocenters. The molecule has 8 aliphatic rings. The van der Waals surface area contributed by atoms with Gasteiger partial charge in [-0.2, -0.15) is 0 Å². The van der Waals surface area contributed by atoms with Gasteiger partial charge in [0.1, 0.15) is 37.1 Å². The highest BCUT2D eigenvalue weighted by Crippen LogP contribution is 2.55. The third-order valence-corrected chi connectivity index (χ3v) is 11.6. The number of ether oxygens (including phenoxy) is 9. The van der Waals surface area contributed by atoms with Crippen LogP contribution in [-0.4, -0.2) is 104 Å². The standard InChI is InChI=1S/C14H16O6.C13H16O4.2C9H12O3/c1-6(2)13(16)18-5-10(15)19-11-7-3-8-9(4-7)14(17)20-12(8)11;1-6(2)13(14)17-10-4-9-8-5-15-7(3)11(8)12(10)16-9;1-6(2)9(10)12-8-4-7(3)11-5-8;1-6(2)9(11)12-8-5-3-4-7(8)10/h7-9,11-12H,1,3-5H2,2H3;8-12H,1,3-5H2,2H3;2*8H,1,3-5H2,2H3. The van der Waals surface area contributed by atoms with Crippen molar-refractivity contribution in [1.29, 1.82) is 0 Å². The first kappa shape index (κ1) is 46.6. The summed E-state index contributed by atoms with van der Waals surface area (Å²) in [5.41, 5.74) is 1.40. The Labute approximate surface area is 355 Å². The molecule has 61 heavy (non-hydrogen) atoms. The minimum Gasteiger partial charge on any atom is -0.498 e. The van der Waals surface area contributed by atoms with E-state index in [1.54, 1.807) is 20.8 Å². The number of hydrogen-bond acceptors (Lipinski definition) is 16. The van der Waals surface area contributed by atoms with E-state index in [4.69, 9.17) is 42.6 Å². The minimum atomic E-state index is -0.623. The van der Waals surface area contributed by atoms with Gasteiger partial charge in [0.15, 0.2) is 18.5 Å². The van der Waals surface area contributed by atoms with Crippen LogP contribution in [0.25, 0.3) is 0 Å². The van der Waals surface area contributed by atoms with Crippen LogP contribution in [0.15, 0.2) is 73.3 Å². The lowest BCUT2D eigenvalue weighted by Crippen LogP contribution is -2.38. The molecule has 0 aromatic rings. The highest BCUT2D eigenvalue weighted by Gasteiger charge is 2.63. The zero-order chi connectivity index (χ0) is 44.9. The van der Waals surface area contributed by atoms with Crippen molar-refractivity contribution in [2.75, 3.05) is 19.8 Å². The summed E-state index contributed by atoms with van der Waals surface area (Å²) in [6, 6.07) is 0. The molecule has 0 amide bonds. The van der Waals surface area contributed by atoms with Gasteiger partial charge in [-0.05, 0) is 53.4 Å². The van der Waals surface area contributed by atoms with Crippen LogP contribution in [0.3, 0.4) is 0 Å². The number of hydrogen-bond donors (Lipinski definition) is 0. The molecule has 5 heterocycles. The van der Waals surface area contributed by atoms with Crippen molar-refractivity contribution >= 4 is 41.6 Å². The predicted molar refractivity (Wildman–Crippen MR) is 213 cm³/mol.